The van der Waals surface area contributed by atoms with Crippen LogP contribution >= 0.6 is 11.6 Å². The van der Waals surface area contributed by atoms with E-state index >= 15 is 0 Å². The average molecular weight is 523 g/mol. The first-order valence-corrected chi connectivity index (χ1v) is 13.0. The molecule has 0 spiro atoms. The van der Waals surface area contributed by atoms with Crippen molar-refractivity contribution in [2.75, 3.05) is 23.5 Å². The van der Waals surface area contributed by atoms with Crippen LogP contribution in [0.3, 0.4) is 0 Å². The number of methoxy groups -OCH3 is 1. The van der Waals surface area contributed by atoms with Crippen LogP contribution in [0.4, 0.5) is 11.4 Å². The van der Waals surface area contributed by atoms with Gasteiger partial charge in [-0.25, -0.2) is 4.90 Å². The Morgan fingerprint density at radius 3 is 2.32 bits per heavy atom. The molecule has 4 fully saturated rings. The highest BCUT2D eigenvalue weighted by molar-refractivity contribution is 6.31. The van der Waals surface area contributed by atoms with Crippen molar-refractivity contribution >= 4 is 46.7 Å². The number of aryl methyl sites for hydroxylation is 1. The Kier molecular flexibility index (Phi) is 5.75. The maximum absolute atomic E-state index is 13.2. The summed E-state index contributed by atoms with van der Waals surface area (Å²) >= 11 is 6.11. The Bertz CT molecular complexity index is 1310. The molecule has 2 saturated carbocycles. The fraction of sp³-hybridized carbons (Fsp3) is 0.429. The molecule has 2 bridgehead atoms. The highest BCUT2D eigenvalue weighted by atomic mass is 35.5. The van der Waals surface area contributed by atoms with Crippen molar-refractivity contribution in [3.8, 4) is 11.5 Å². The van der Waals surface area contributed by atoms with Crippen molar-refractivity contribution in [1.29, 1.82) is 0 Å². The van der Waals surface area contributed by atoms with Gasteiger partial charge in [-0.05, 0) is 80.0 Å². The van der Waals surface area contributed by atoms with E-state index in [1.165, 1.54) is 16.9 Å². The van der Waals surface area contributed by atoms with E-state index in [4.69, 9.17) is 21.1 Å². The van der Waals surface area contributed by atoms with Crippen LogP contribution in [0.2, 0.25) is 5.02 Å². The molecular weight excluding hydrogens is 496 g/mol. The third-order valence-electron chi connectivity index (χ3n) is 8.45. The average Bonchev–Trinajstić information content (AvgIpc) is 3.63. The number of nitrogens with zero attached hydrogens (tertiary/aromatic N) is 2. The van der Waals surface area contributed by atoms with Crippen LogP contribution in [0.5, 0.6) is 11.5 Å². The molecule has 2 aliphatic carbocycles. The number of carbonyl (C=O) groups is 4. The molecule has 2 aliphatic heterocycles. The standard InChI is InChI=1S/C28H27ClN2O6/c1-14-9-19(6-7-20(14)31-26(33)24-15-3-4-16(10-15)25(24)27(31)34)37-28(35)17-11-23(32)30(13-17)21-12-18(29)5-8-22(21)36-2/h5-9,12,15-17,24-25H,3-4,10-11,13H2,1-2H3/t15-,16-,17+,24-,25-/m0/s1. The molecule has 192 valence electrons. The molecule has 0 unspecified atom stereocenters. The number of halogens is 1. The fourth-order valence-electron chi connectivity index (χ4n) is 6.76. The second kappa shape index (κ2) is 8.87. The number of benzene rings is 2. The number of hydrogen-bond acceptors (Lipinski definition) is 6. The van der Waals surface area contributed by atoms with E-state index in [9.17, 15) is 19.2 Å². The largest absolute Gasteiger partial charge is 0.495 e. The second-order valence-electron chi connectivity index (χ2n) is 10.5. The number of rotatable bonds is 5. The van der Waals surface area contributed by atoms with Gasteiger partial charge >= 0.3 is 5.97 Å². The summed E-state index contributed by atoms with van der Waals surface area (Å²) in [7, 11) is 1.50. The highest BCUT2D eigenvalue weighted by Gasteiger charge is 2.61. The van der Waals surface area contributed by atoms with Crippen LogP contribution in [0.1, 0.15) is 31.2 Å². The summed E-state index contributed by atoms with van der Waals surface area (Å²) in [6.07, 6.45) is 3.04. The molecule has 5 atom stereocenters. The number of amides is 3. The first-order chi connectivity index (χ1) is 17.8. The topological polar surface area (TPSA) is 93.2 Å². The van der Waals surface area contributed by atoms with Crippen molar-refractivity contribution in [2.24, 2.45) is 29.6 Å². The van der Waals surface area contributed by atoms with Crippen LogP contribution in [-0.4, -0.2) is 37.3 Å². The molecule has 8 nitrogen and oxygen atoms in total. The summed E-state index contributed by atoms with van der Waals surface area (Å²) in [6, 6.07) is 9.90. The number of imide groups is 1. The summed E-state index contributed by atoms with van der Waals surface area (Å²) in [5, 5.41) is 0.455. The van der Waals surface area contributed by atoms with Gasteiger partial charge in [0, 0.05) is 18.0 Å². The van der Waals surface area contributed by atoms with Crippen LogP contribution in [0.15, 0.2) is 36.4 Å². The van der Waals surface area contributed by atoms with Crippen molar-refractivity contribution in [3.05, 3.63) is 47.0 Å². The third kappa shape index (κ3) is 3.81. The van der Waals surface area contributed by atoms with Crippen molar-refractivity contribution in [2.45, 2.75) is 32.6 Å². The molecule has 2 aromatic carbocycles. The lowest BCUT2D eigenvalue weighted by atomic mass is 9.81. The van der Waals surface area contributed by atoms with Gasteiger partial charge in [0.2, 0.25) is 17.7 Å². The van der Waals surface area contributed by atoms with Gasteiger partial charge in [-0.1, -0.05) is 11.6 Å². The summed E-state index contributed by atoms with van der Waals surface area (Å²) in [6.45, 7) is 1.94. The van der Waals surface area contributed by atoms with Gasteiger partial charge in [-0.3, -0.25) is 19.2 Å². The van der Waals surface area contributed by atoms with E-state index in [2.05, 4.69) is 0 Å². The molecule has 2 aromatic rings. The summed E-state index contributed by atoms with van der Waals surface area (Å²) in [4.78, 5) is 54.9. The number of ether oxygens (including phenoxy) is 2. The quantitative estimate of drug-likeness (QED) is 0.333. The summed E-state index contributed by atoms with van der Waals surface area (Å²) in [5.41, 5.74) is 1.72. The summed E-state index contributed by atoms with van der Waals surface area (Å²) < 4.78 is 11.0. The van der Waals surface area contributed by atoms with Crippen LogP contribution in [0.25, 0.3) is 0 Å². The Morgan fingerprint density at radius 2 is 1.68 bits per heavy atom. The first-order valence-electron chi connectivity index (χ1n) is 12.6. The SMILES string of the molecule is COc1ccc(Cl)cc1N1C[C@H](C(=O)Oc2ccc(N3C(=O)[C@H]4[C@H]5CC[C@@H](C5)[C@@H]4C3=O)c(C)c2)CC1=O. The van der Waals surface area contributed by atoms with Gasteiger partial charge in [-0.2, -0.15) is 0 Å². The van der Waals surface area contributed by atoms with E-state index in [-0.39, 0.29) is 42.5 Å². The molecule has 0 aromatic heterocycles. The predicted octanol–water partition coefficient (Wildman–Crippen LogP) is 4.15. The van der Waals surface area contributed by atoms with Crippen LogP contribution in [-0.2, 0) is 19.2 Å². The van der Waals surface area contributed by atoms with Gasteiger partial charge in [0.25, 0.3) is 0 Å². The minimum Gasteiger partial charge on any atom is -0.495 e. The molecule has 4 aliphatic rings. The van der Waals surface area contributed by atoms with Gasteiger partial charge in [0.15, 0.2) is 0 Å². The number of hydrogen-bond donors (Lipinski definition) is 0. The summed E-state index contributed by atoms with van der Waals surface area (Å²) in [5.74, 6) is -0.566. The zero-order valence-corrected chi connectivity index (χ0v) is 21.4. The van der Waals surface area contributed by atoms with Gasteiger partial charge in [0.1, 0.15) is 11.5 Å². The molecule has 37 heavy (non-hydrogen) atoms. The molecule has 9 heteroatoms. The minimum absolute atomic E-state index is 0.00740. The van der Waals surface area contributed by atoms with Crippen LogP contribution in [0, 0.1) is 36.5 Å². The zero-order chi connectivity index (χ0) is 26.0. The maximum atomic E-state index is 13.2. The van der Waals surface area contributed by atoms with E-state index in [1.807, 2.05) is 0 Å². The Balaban J connectivity index is 1.16. The van der Waals surface area contributed by atoms with Gasteiger partial charge < -0.3 is 14.4 Å². The smallest absolute Gasteiger partial charge is 0.316 e. The van der Waals surface area contributed by atoms with E-state index in [0.29, 0.717) is 45.3 Å². The number of carbonyl (C=O) groups excluding carboxylic acids is 4. The molecular formula is C28H27ClN2O6. The van der Waals surface area contributed by atoms with Crippen LogP contribution < -0.4 is 19.3 Å². The van der Waals surface area contributed by atoms with Gasteiger partial charge in [0.05, 0.1) is 36.2 Å². The normalized spacial score (nSPS) is 28.3. The van der Waals surface area contributed by atoms with E-state index < -0.39 is 11.9 Å². The molecule has 2 heterocycles. The lowest BCUT2D eigenvalue weighted by Crippen LogP contribution is -2.33. The second-order valence-corrected chi connectivity index (χ2v) is 10.9. The molecule has 6 rings (SSSR count). The minimum atomic E-state index is -0.659. The molecule has 0 N–H and O–H groups in total. The highest BCUT2D eigenvalue weighted by Crippen LogP contribution is 2.56. The lowest BCUT2D eigenvalue weighted by molar-refractivity contribution is -0.139. The predicted molar refractivity (Wildman–Crippen MR) is 136 cm³/mol. The number of esters is 1. The number of anilines is 2. The molecule has 0 radical (unpaired) electrons. The van der Waals surface area contributed by atoms with E-state index in [1.54, 1.807) is 43.3 Å². The van der Waals surface area contributed by atoms with Crippen molar-refractivity contribution in [3.63, 3.8) is 0 Å². The number of fused-ring (bicyclic) bond motifs is 5. The van der Waals surface area contributed by atoms with Crippen molar-refractivity contribution < 1.29 is 28.7 Å². The Hall–Kier alpha value is -3.39. The molecule has 3 amide bonds. The van der Waals surface area contributed by atoms with Gasteiger partial charge in [-0.15, -0.1) is 0 Å². The van der Waals surface area contributed by atoms with E-state index in [0.717, 1.165) is 19.3 Å². The maximum Gasteiger partial charge on any atom is 0.316 e. The Morgan fingerprint density at radius 1 is 0.973 bits per heavy atom. The third-order valence-corrected chi connectivity index (χ3v) is 8.68. The zero-order valence-electron chi connectivity index (χ0n) is 20.6. The lowest BCUT2D eigenvalue weighted by Gasteiger charge is -2.20. The molecule has 2 saturated heterocycles. The first kappa shape index (κ1) is 24.0. The fourth-order valence-corrected chi connectivity index (χ4v) is 6.93. The monoisotopic (exact) mass is 522 g/mol. The van der Waals surface area contributed by atoms with Crippen molar-refractivity contribution in [1.82, 2.24) is 0 Å². The Labute approximate surface area is 219 Å².